The third-order valence-corrected chi connectivity index (χ3v) is 4.81. The first-order valence-electron chi connectivity index (χ1n) is 8.67. The summed E-state index contributed by atoms with van der Waals surface area (Å²) in [6, 6.07) is 17.9. The van der Waals surface area contributed by atoms with Gasteiger partial charge in [0, 0.05) is 25.0 Å². The fourth-order valence-electron chi connectivity index (χ4n) is 3.45. The molecule has 0 saturated carbocycles. The van der Waals surface area contributed by atoms with E-state index in [-0.39, 0.29) is 17.8 Å². The number of aromatic nitrogens is 1. The van der Waals surface area contributed by atoms with Gasteiger partial charge in [0.05, 0.1) is 11.7 Å². The van der Waals surface area contributed by atoms with E-state index in [1.165, 1.54) is 11.6 Å². The van der Waals surface area contributed by atoms with Gasteiger partial charge in [-0.25, -0.2) is 9.18 Å². The Labute approximate surface area is 151 Å². The second-order valence-corrected chi connectivity index (χ2v) is 6.54. The lowest BCUT2D eigenvalue weighted by Gasteiger charge is -2.37. The van der Waals surface area contributed by atoms with Crippen LogP contribution >= 0.6 is 0 Å². The normalized spacial score (nSPS) is 16.2. The van der Waals surface area contributed by atoms with Gasteiger partial charge in [-0.3, -0.25) is 0 Å². The summed E-state index contributed by atoms with van der Waals surface area (Å²) in [6.45, 7) is 3.31. The molecule has 0 radical (unpaired) electrons. The molecule has 2 amide bonds. The fourth-order valence-corrected chi connectivity index (χ4v) is 3.45. The van der Waals surface area contributed by atoms with Crippen molar-refractivity contribution < 1.29 is 9.18 Å². The van der Waals surface area contributed by atoms with Crippen LogP contribution in [0.3, 0.4) is 0 Å². The van der Waals surface area contributed by atoms with Gasteiger partial charge < -0.3 is 14.8 Å². The summed E-state index contributed by atoms with van der Waals surface area (Å²) in [7, 11) is 0. The number of rotatable bonds is 2. The topological polar surface area (TPSA) is 37.3 Å². The number of carbonyl (C=O) groups excluding carboxylic acids is 1. The van der Waals surface area contributed by atoms with Crippen LogP contribution in [0.25, 0.3) is 0 Å². The number of hydrogen-bond donors (Lipinski definition) is 1. The lowest BCUT2D eigenvalue weighted by molar-refractivity contribution is 0.181. The lowest BCUT2D eigenvalue weighted by atomic mass is 9.99. The van der Waals surface area contributed by atoms with Crippen molar-refractivity contribution in [1.29, 1.82) is 0 Å². The monoisotopic (exact) mass is 349 g/mol. The predicted octanol–water partition coefficient (Wildman–Crippen LogP) is 4.57. The zero-order chi connectivity index (χ0) is 18.1. The summed E-state index contributed by atoms with van der Waals surface area (Å²) in [5.74, 6) is -0.437. The Kier molecular flexibility index (Phi) is 4.21. The number of halogens is 1. The Morgan fingerprint density at radius 1 is 1.04 bits per heavy atom. The van der Waals surface area contributed by atoms with Crippen molar-refractivity contribution in [1.82, 2.24) is 9.47 Å². The van der Waals surface area contributed by atoms with Gasteiger partial charge in [-0.2, -0.15) is 0 Å². The highest BCUT2D eigenvalue weighted by atomic mass is 19.1. The van der Waals surface area contributed by atoms with E-state index in [4.69, 9.17) is 0 Å². The summed E-state index contributed by atoms with van der Waals surface area (Å²) in [6.07, 6.45) is 2.03. The number of aryl methyl sites for hydroxylation is 1. The molecule has 1 atom stereocenters. The van der Waals surface area contributed by atoms with Gasteiger partial charge in [0.15, 0.2) is 0 Å². The zero-order valence-electron chi connectivity index (χ0n) is 14.5. The van der Waals surface area contributed by atoms with Crippen molar-refractivity contribution in [3.63, 3.8) is 0 Å². The van der Waals surface area contributed by atoms with Crippen LogP contribution in [-0.2, 0) is 6.54 Å². The fraction of sp³-hybridized carbons (Fsp3) is 0.190. The van der Waals surface area contributed by atoms with Gasteiger partial charge in [-0.1, -0.05) is 42.0 Å². The van der Waals surface area contributed by atoms with Crippen molar-refractivity contribution in [3.8, 4) is 0 Å². The van der Waals surface area contributed by atoms with Gasteiger partial charge >= 0.3 is 6.03 Å². The second kappa shape index (κ2) is 6.67. The molecular formula is C21H20FN3O. The number of urea groups is 1. The maximum absolute atomic E-state index is 13.9. The standard InChI is InChI=1S/C21H20FN3O/c1-15-8-10-16(11-9-15)20-19-7-4-12-24(19)13-14-25(20)21(26)23-18-6-3-2-5-17(18)22/h2-12,20H,13-14H2,1H3,(H,23,26). The average Bonchev–Trinajstić information content (AvgIpc) is 3.12. The predicted molar refractivity (Wildman–Crippen MR) is 99.6 cm³/mol. The van der Waals surface area contributed by atoms with E-state index < -0.39 is 5.82 Å². The molecule has 4 nitrogen and oxygen atoms in total. The van der Waals surface area contributed by atoms with E-state index in [1.807, 2.05) is 49.5 Å². The molecular weight excluding hydrogens is 329 g/mol. The quantitative estimate of drug-likeness (QED) is 0.723. The van der Waals surface area contributed by atoms with Crippen LogP contribution < -0.4 is 5.32 Å². The van der Waals surface area contributed by atoms with Crippen LogP contribution in [0.1, 0.15) is 22.9 Å². The first-order chi connectivity index (χ1) is 12.6. The number of nitrogens with one attached hydrogen (secondary N) is 1. The molecule has 0 spiro atoms. The highest BCUT2D eigenvalue weighted by molar-refractivity contribution is 5.90. The minimum atomic E-state index is -0.437. The molecule has 0 bridgehead atoms. The van der Waals surface area contributed by atoms with Crippen LogP contribution in [0.2, 0.25) is 0 Å². The third kappa shape index (κ3) is 2.96. The van der Waals surface area contributed by atoms with E-state index in [9.17, 15) is 9.18 Å². The number of nitrogens with zero attached hydrogens (tertiary/aromatic N) is 2. The van der Waals surface area contributed by atoms with Crippen molar-refractivity contribution in [2.75, 3.05) is 11.9 Å². The number of para-hydroxylation sites is 1. The molecule has 2 heterocycles. The highest BCUT2D eigenvalue weighted by Crippen LogP contribution is 2.33. The number of hydrogen-bond acceptors (Lipinski definition) is 1. The molecule has 0 fully saturated rings. The highest BCUT2D eigenvalue weighted by Gasteiger charge is 2.32. The maximum Gasteiger partial charge on any atom is 0.322 e. The Bertz CT molecular complexity index is 932. The number of anilines is 1. The minimum Gasteiger partial charge on any atom is -0.348 e. The van der Waals surface area contributed by atoms with Crippen LogP contribution in [0.4, 0.5) is 14.9 Å². The second-order valence-electron chi connectivity index (χ2n) is 6.54. The van der Waals surface area contributed by atoms with Gasteiger partial charge in [0.2, 0.25) is 0 Å². The molecule has 1 unspecified atom stereocenters. The molecule has 0 aliphatic carbocycles. The average molecular weight is 349 g/mol. The number of amides is 2. The van der Waals surface area contributed by atoms with Gasteiger partial charge in [0.25, 0.3) is 0 Å². The molecule has 2 aromatic carbocycles. The molecule has 26 heavy (non-hydrogen) atoms. The van der Waals surface area contributed by atoms with Crippen molar-refractivity contribution in [3.05, 3.63) is 89.5 Å². The minimum absolute atomic E-state index is 0.195. The number of carbonyl (C=O) groups is 1. The van der Waals surface area contributed by atoms with Crippen molar-refractivity contribution in [2.24, 2.45) is 0 Å². The van der Waals surface area contributed by atoms with Crippen molar-refractivity contribution in [2.45, 2.75) is 19.5 Å². The van der Waals surface area contributed by atoms with E-state index in [2.05, 4.69) is 9.88 Å². The van der Waals surface area contributed by atoms with Crippen LogP contribution in [0.15, 0.2) is 66.9 Å². The molecule has 1 aromatic heterocycles. The lowest BCUT2D eigenvalue weighted by Crippen LogP contribution is -2.44. The summed E-state index contributed by atoms with van der Waals surface area (Å²) in [4.78, 5) is 14.7. The molecule has 1 N–H and O–H groups in total. The smallest absolute Gasteiger partial charge is 0.322 e. The van der Waals surface area contributed by atoms with Gasteiger partial charge in [-0.05, 0) is 36.8 Å². The van der Waals surface area contributed by atoms with E-state index in [0.29, 0.717) is 6.54 Å². The molecule has 4 rings (SSSR count). The first kappa shape index (κ1) is 16.4. The first-order valence-corrected chi connectivity index (χ1v) is 8.67. The van der Waals surface area contributed by atoms with Crippen molar-refractivity contribution >= 4 is 11.7 Å². The zero-order valence-corrected chi connectivity index (χ0v) is 14.5. The van der Waals surface area contributed by atoms with Crippen LogP contribution in [0.5, 0.6) is 0 Å². The van der Waals surface area contributed by atoms with E-state index in [0.717, 1.165) is 17.8 Å². The largest absolute Gasteiger partial charge is 0.348 e. The molecule has 132 valence electrons. The molecule has 1 aliphatic heterocycles. The Hall–Kier alpha value is -3.08. The van der Waals surface area contributed by atoms with Crippen LogP contribution in [0, 0.1) is 12.7 Å². The summed E-state index contributed by atoms with van der Waals surface area (Å²) < 4.78 is 16.1. The van der Waals surface area contributed by atoms with E-state index in [1.54, 1.807) is 23.1 Å². The Morgan fingerprint density at radius 2 is 1.81 bits per heavy atom. The third-order valence-electron chi connectivity index (χ3n) is 4.81. The SMILES string of the molecule is Cc1ccc(C2c3cccn3CCN2C(=O)Nc2ccccc2F)cc1. The summed E-state index contributed by atoms with van der Waals surface area (Å²) in [5, 5.41) is 2.72. The summed E-state index contributed by atoms with van der Waals surface area (Å²) in [5.41, 5.74) is 3.46. The van der Waals surface area contributed by atoms with Gasteiger partial charge in [-0.15, -0.1) is 0 Å². The number of benzene rings is 2. The number of fused-ring (bicyclic) bond motifs is 1. The molecule has 1 aliphatic rings. The Morgan fingerprint density at radius 3 is 2.58 bits per heavy atom. The van der Waals surface area contributed by atoms with Gasteiger partial charge in [0.1, 0.15) is 5.82 Å². The molecule has 5 heteroatoms. The molecule has 3 aromatic rings. The maximum atomic E-state index is 13.9. The van der Waals surface area contributed by atoms with Crippen LogP contribution in [-0.4, -0.2) is 22.0 Å². The Balaban J connectivity index is 1.68. The summed E-state index contributed by atoms with van der Waals surface area (Å²) >= 11 is 0. The molecule has 0 saturated heterocycles. The van der Waals surface area contributed by atoms with E-state index >= 15 is 0 Å².